The number of hydrogen-bond donors (Lipinski definition) is 2. The Hall–Kier alpha value is -0.294. The molecule has 0 atom stereocenters. The standard InChI is InChI=1S/C8H14O4.Mg.2H/c1-2-3-4-5-6(7(9)10)8(11)12;;;/h6H,2-5H2,1H3,(H,9,10)(H,11,12);;;. The van der Waals surface area contributed by atoms with Gasteiger partial charge < -0.3 is 10.2 Å². The van der Waals surface area contributed by atoms with Gasteiger partial charge in [-0.3, -0.25) is 9.59 Å². The van der Waals surface area contributed by atoms with Crippen molar-refractivity contribution in [3.8, 4) is 0 Å². The monoisotopic (exact) mass is 200 g/mol. The molecule has 0 aliphatic heterocycles. The third-order valence-electron chi connectivity index (χ3n) is 1.69. The van der Waals surface area contributed by atoms with Gasteiger partial charge >= 0.3 is 35.0 Å². The van der Waals surface area contributed by atoms with Crippen LogP contribution in [-0.2, 0) is 9.59 Å². The Morgan fingerprint density at radius 1 is 1.15 bits per heavy atom. The second-order valence-corrected chi connectivity index (χ2v) is 2.72. The minimum absolute atomic E-state index is 0. The molecular formula is C8H16MgO4. The van der Waals surface area contributed by atoms with E-state index in [-0.39, 0.29) is 29.5 Å². The maximum absolute atomic E-state index is 10.4. The highest BCUT2D eigenvalue weighted by atomic mass is 24.3. The van der Waals surface area contributed by atoms with Gasteiger partial charge in [0.15, 0.2) is 5.92 Å². The van der Waals surface area contributed by atoms with Gasteiger partial charge in [0.1, 0.15) is 0 Å². The lowest BCUT2D eigenvalue weighted by atomic mass is 10.0. The predicted octanol–water partition coefficient (Wildman–Crippen LogP) is 0.436. The van der Waals surface area contributed by atoms with Crippen molar-refractivity contribution in [2.75, 3.05) is 0 Å². The lowest BCUT2D eigenvalue weighted by molar-refractivity contribution is -0.154. The van der Waals surface area contributed by atoms with Crippen LogP contribution in [0.3, 0.4) is 0 Å². The predicted molar refractivity (Wildman–Crippen MR) is 51.4 cm³/mol. The molecule has 0 aliphatic rings. The number of carbonyl (C=O) groups is 2. The smallest absolute Gasteiger partial charge is 0.317 e. The summed E-state index contributed by atoms with van der Waals surface area (Å²) < 4.78 is 0. The lowest BCUT2D eigenvalue weighted by Crippen LogP contribution is -2.23. The van der Waals surface area contributed by atoms with Crippen LogP contribution in [0.4, 0.5) is 0 Å². The zero-order chi connectivity index (χ0) is 9.56. The summed E-state index contributed by atoms with van der Waals surface area (Å²) in [6, 6.07) is 0. The molecular weight excluding hydrogens is 184 g/mol. The molecule has 74 valence electrons. The van der Waals surface area contributed by atoms with Crippen LogP contribution in [0.1, 0.15) is 32.6 Å². The number of carboxylic acids is 2. The summed E-state index contributed by atoms with van der Waals surface area (Å²) in [5, 5.41) is 16.9. The molecule has 0 saturated carbocycles. The van der Waals surface area contributed by atoms with E-state index in [4.69, 9.17) is 10.2 Å². The Bertz CT molecular complexity index is 156. The molecule has 0 fully saturated rings. The summed E-state index contributed by atoms with van der Waals surface area (Å²) in [6.45, 7) is 1.98. The van der Waals surface area contributed by atoms with E-state index in [1.54, 1.807) is 0 Å². The fraction of sp³-hybridized carbons (Fsp3) is 0.750. The molecule has 0 amide bonds. The highest BCUT2D eigenvalue weighted by Gasteiger charge is 2.24. The molecule has 2 N–H and O–H groups in total. The highest BCUT2D eigenvalue weighted by molar-refractivity contribution is 5.92. The zero-order valence-corrected chi connectivity index (χ0v) is 7.12. The Morgan fingerprint density at radius 2 is 1.62 bits per heavy atom. The Kier molecular flexibility index (Phi) is 9.71. The molecule has 0 aromatic carbocycles. The van der Waals surface area contributed by atoms with Gasteiger partial charge in [-0.25, -0.2) is 0 Å². The van der Waals surface area contributed by atoms with Gasteiger partial charge in [0.25, 0.3) is 0 Å². The molecule has 13 heavy (non-hydrogen) atoms. The quantitative estimate of drug-likeness (QED) is 0.371. The maximum Gasteiger partial charge on any atom is 0.317 e. The van der Waals surface area contributed by atoms with Crippen LogP contribution in [0.25, 0.3) is 0 Å². The topological polar surface area (TPSA) is 74.6 Å². The van der Waals surface area contributed by atoms with Gasteiger partial charge in [0.05, 0.1) is 0 Å². The van der Waals surface area contributed by atoms with Gasteiger partial charge in [-0.05, 0) is 6.42 Å². The molecule has 0 radical (unpaired) electrons. The van der Waals surface area contributed by atoms with Crippen molar-refractivity contribution in [1.29, 1.82) is 0 Å². The molecule has 5 heteroatoms. The number of aliphatic carboxylic acids is 2. The second-order valence-electron chi connectivity index (χ2n) is 2.72. The van der Waals surface area contributed by atoms with Crippen molar-refractivity contribution in [2.45, 2.75) is 32.6 Å². The molecule has 0 bridgehead atoms. The Balaban J connectivity index is 0. The van der Waals surface area contributed by atoms with Crippen LogP contribution in [0.2, 0.25) is 0 Å². The average Bonchev–Trinajstić information content (AvgIpc) is 1.96. The Labute approximate surface area is 93.5 Å². The molecule has 4 nitrogen and oxygen atoms in total. The molecule has 0 aromatic rings. The van der Waals surface area contributed by atoms with E-state index in [1.165, 1.54) is 0 Å². The van der Waals surface area contributed by atoms with E-state index >= 15 is 0 Å². The highest BCUT2D eigenvalue weighted by Crippen LogP contribution is 2.10. The van der Waals surface area contributed by atoms with Gasteiger partial charge in [-0.1, -0.05) is 26.2 Å². The van der Waals surface area contributed by atoms with Crippen LogP contribution in [0, 0.1) is 5.92 Å². The molecule has 0 spiro atoms. The zero-order valence-electron chi connectivity index (χ0n) is 7.12. The van der Waals surface area contributed by atoms with E-state index in [1.807, 2.05) is 6.92 Å². The van der Waals surface area contributed by atoms with Gasteiger partial charge in [-0.15, -0.1) is 0 Å². The van der Waals surface area contributed by atoms with Crippen LogP contribution >= 0.6 is 0 Å². The third-order valence-corrected chi connectivity index (χ3v) is 1.69. The summed E-state index contributed by atoms with van der Waals surface area (Å²) in [7, 11) is 0. The summed E-state index contributed by atoms with van der Waals surface area (Å²) in [5.74, 6) is -3.70. The Morgan fingerprint density at radius 3 is 1.92 bits per heavy atom. The van der Waals surface area contributed by atoms with Crippen molar-refractivity contribution in [2.24, 2.45) is 5.92 Å². The van der Waals surface area contributed by atoms with Crippen molar-refractivity contribution >= 4 is 35.0 Å². The molecule has 0 aromatic heterocycles. The van der Waals surface area contributed by atoms with E-state index in [0.717, 1.165) is 12.8 Å². The fourth-order valence-electron chi connectivity index (χ4n) is 0.951. The van der Waals surface area contributed by atoms with E-state index in [0.29, 0.717) is 6.42 Å². The second kappa shape index (κ2) is 8.31. The lowest BCUT2D eigenvalue weighted by Gasteiger charge is -2.05. The van der Waals surface area contributed by atoms with Gasteiger partial charge in [0.2, 0.25) is 0 Å². The summed E-state index contributed by atoms with van der Waals surface area (Å²) in [6.07, 6.45) is 2.75. The molecule has 0 unspecified atom stereocenters. The van der Waals surface area contributed by atoms with Crippen molar-refractivity contribution in [3.05, 3.63) is 0 Å². The largest absolute Gasteiger partial charge is 0.481 e. The number of hydrogen-bond acceptors (Lipinski definition) is 2. The minimum atomic E-state index is -1.24. The summed E-state index contributed by atoms with van der Waals surface area (Å²) in [4.78, 5) is 20.7. The first kappa shape index (κ1) is 15.2. The van der Waals surface area contributed by atoms with Crippen molar-refractivity contribution < 1.29 is 19.8 Å². The van der Waals surface area contributed by atoms with Crippen molar-refractivity contribution in [3.63, 3.8) is 0 Å². The number of rotatable bonds is 6. The van der Waals surface area contributed by atoms with Crippen LogP contribution in [-0.4, -0.2) is 45.2 Å². The van der Waals surface area contributed by atoms with Gasteiger partial charge in [0, 0.05) is 0 Å². The van der Waals surface area contributed by atoms with Gasteiger partial charge in [-0.2, -0.15) is 0 Å². The summed E-state index contributed by atoms with van der Waals surface area (Å²) >= 11 is 0. The van der Waals surface area contributed by atoms with E-state index in [2.05, 4.69) is 0 Å². The first-order valence-corrected chi connectivity index (χ1v) is 4.05. The third kappa shape index (κ3) is 6.83. The number of carboxylic acid groups (broad SMARTS) is 2. The SMILES string of the molecule is CCCCCC(C(=O)O)C(=O)O.[MgH2]. The first-order valence-electron chi connectivity index (χ1n) is 4.05. The minimum Gasteiger partial charge on any atom is -0.481 e. The van der Waals surface area contributed by atoms with Crippen LogP contribution in [0.5, 0.6) is 0 Å². The first-order chi connectivity index (χ1) is 5.59. The molecule has 0 saturated heterocycles. The molecule has 0 aliphatic carbocycles. The van der Waals surface area contributed by atoms with E-state index in [9.17, 15) is 9.59 Å². The molecule has 0 rings (SSSR count). The average molecular weight is 201 g/mol. The van der Waals surface area contributed by atoms with Crippen LogP contribution < -0.4 is 0 Å². The molecule has 0 heterocycles. The fourth-order valence-corrected chi connectivity index (χ4v) is 0.951. The van der Waals surface area contributed by atoms with Crippen molar-refractivity contribution in [1.82, 2.24) is 0 Å². The number of unbranched alkanes of at least 4 members (excludes halogenated alkanes) is 2. The maximum atomic E-state index is 10.4. The van der Waals surface area contributed by atoms with Crippen LogP contribution in [0.15, 0.2) is 0 Å². The van der Waals surface area contributed by atoms with E-state index < -0.39 is 17.9 Å². The normalized spacial score (nSPS) is 9.38. The summed E-state index contributed by atoms with van der Waals surface area (Å²) in [5.41, 5.74) is 0.